The van der Waals surface area contributed by atoms with Gasteiger partial charge in [-0.05, 0) is 18.6 Å². The molecule has 0 unspecified atom stereocenters. The molecule has 4 aliphatic heterocycles. The van der Waals surface area contributed by atoms with Crippen molar-refractivity contribution in [3.63, 3.8) is 0 Å². The highest BCUT2D eigenvalue weighted by atomic mass is 16.8. The van der Waals surface area contributed by atoms with Crippen LogP contribution >= 0.6 is 0 Å². The van der Waals surface area contributed by atoms with E-state index in [2.05, 4.69) is 11.6 Å². The molecule has 196 valence electrons. The number of pyridine rings is 1. The van der Waals surface area contributed by atoms with E-state index in [0.29, 0.717) is 28.5 Å². The second-order valence-corrected chi connectivity index (χ2v) is 9.91. The first kappa shape index (κ1) is 24.3. The molecule has 5 N–H and O–H groups in total. The topological polar surface area (TPSA) is 162 Å². The van der Waals surface area contributed by atoms with Gasteiger partial charge in [-0.15, -0.1) is 6.58 Å². The van der Waals surface area contributed by atoms with Gasteiger partial charge in [-0.1, -0.05) is 18.2 Å². The fraction of sp³-hybridized carbons (Fsp3) is 0.462. The molecular weight excluding hydrogens is 484 g/mol. The number of amides is 1. The number of ether oxygens (including phenoxy) is 3. The molecule has 1 amide bonds. The van der Waals surface area contributed by atoms with Crippen LogP contribution in [0.4, 0.5) is 0 Å². The SMILES string of the molecule is C=C[C@H]1[C@H](O[C@@H]2O[C@H](CO)[C@@H](O)[C@H](O)[C@H]2O)OC=C2C(=O)N3Cc4c([nH]c5ccccc5c4=O)[C@@H]3C[C@H]21. The summed E-state index contributed by atoms with van der Waals surface area (Å²) in [5.74, 6) is -1.14. The molecular formula is C26H28N2O9. The predicted molar refractivity (Wildman–Crippen MR) is 127 cm³/mol. The van der Waals surface area contributed by atoms with E-state index in [0.717, 1.165) is 5.69 Å². The lowest BCUT2D eigenvalue weighted by Crippen LogP contribution is -2.60. The average Bonchev–Trinajstić information content (AvgIpc) is 3.28. The van der Waals surface area contributed by atoms with Gasteiger partial charge in [0.05, 0.1) is 31.0 Å². The third-order valence-corrected chi connectivity index (χ3v) is 7.96. The van der Waals surface area contributed by atoms with Crippen LogP contribution in [0.15, 0.2) is 53.6 Å². The molecule has 0 aliphatic carbocycles. The number of benzene rings is 1. The first-order valence-electron chi connectivity index (χ1n) is 12.2. The number of H-pyrrole nitrogens is 1. The molecule has 0 bridgehead atoms. The van der Waals surface area contributed by atoms with Crippen molar-refractivity contribution in [1.29, 1.82) is 0 Å². The van der Waals surface area contributed by atoms with Crippen molar-refractivity contribution in [2.45, 2.75) is 56.0 Å². The molecule has 11 heteroatoms. The van der Waals surface area contributed by atoms with Crippen LogP contribution < -0.4 is 5.43 Å². The molecule has 5 heterocycles. The van der Waals surface area contributed by atoms with Gasteiger partial charge in [0.15, 0.2) is 11.7 Å². The highest BCUT2D eigenvalue weighted by Crippen LogP contribution is 2.48. The van der Waals surface area contributed by atoms with Gasteiger partial charge in [-0.3, -0.25) is 9.59 Å². The molecule has 4 aliphatic rings. The van der Waals surface area contributed by atoms with Crippen molar-refractivity contribution in [1.82, 2.24) is 9.88 Å². The second-order valence-electron chi connectivity index (χ2n) is 9.91. The van der Waals surface area contributed by atoms with Gasteiger partial charge in [0.1, 0.15) is 24.4 Å². The smallest absolute Gasteiger partial charge is 0.254 e. The third-order valence-electron chi connectivity index (χ3n) is 7.96. The lowest BCUT2D eigenvalue weighted by Gasteiger charge is -2.45. The zero-order chi connectivity index (χ0) is 26.0. The minimum atomic E-state index is -1.60. The van der Waals surface area contributed by atoms with Crippen LogP contribution in [0.3, 0.4) is 0 Å². The van der Waals surface area contributed by atoms with Crippen molar-refractivity contribution in [2.75, 3.05) is 6.61 Å². The van der Waals surface area contributed by atoms with Gasteiger partial charge in [-0.25, -0.2) is 0 Å². The molecule has 2 fully saturated rings. The Bertz CT molecular complexity index is 1340. The summed E-state index contributed by atoms with van der Waals surface area (Å²) in [4.78, 5) is 31.7. The minimum Gasteiger partial charge on any atom is -0.471 e. The number of piperidine rings is 1. The van der Waals surface area contributed by atoms with Gasteiger partial charge in [0.2, 0.25) is 6.29 Å². The van der Waals surface area contributed by atoms with Crippen molar-refractivity contribution in [3.05, 3.63) is 70.2 Å². The Morgan fingerprint density at radius 2 is 1.92 bits per heavy atom. The number of hydrogen-bond acceptors (Lipinski definition) is 9. The normalized spacial score (nSPS) is 36.9. The zero-order valence-corrected chi connectivity index (χ0v) is 19.8. The van der Waals surface area contributed by atoms with Crippen molar-refractivity contribution in [2.24, 2.45) is 11.8 Å². The zero-order valence-electron chi connectivity index (χ0n) is 19.8. The Morgan fingerprint density at radius 3 is 2.68 bits per heavy atom. The molecule has 37 heavy (non-hydrogen) atoms. The summed E-state index contributed by atoms with van der Waals surface area (Å²) in [5, 5.41) is 40.6. The summed E-state index contributed by atoms with van der Waals surface area (Å²) < 4.78 is 17.1. The Labute approximate surface area is 211 Å². The maximum atomic E-state index is 13.5. The molecule has 2 aromatic rings. The first-order valence-corrected chi connectivity index (χ1v) is 12.2. The van der Waals surface area contributed by atoms with Gasteiger partial charge in [0.25, 0.3) is 5.91 Å². The lowest BCUT2D eigenvalue weighted by molar-refractivity contribution is -0.339. The van der Waals surface area contributed by atoms with E-state index in [1.807, 2.05) is 12.1 Å². The fourth-order valence-corrected chi connectivity index (χ4v) is 5.96. The van der Waals surface area contributed by atoms with Crippen LogP contribution in [0.2, 0.25) is 0 Å². The van der Waals surface area contributed by atoms with Gasteiger partial charge in [0, 0.05) is 34.0 Å². The summed E-state index contributed by atoms with van der Waals surface area (Å²) >= 11 is 0. The average molecular weight is 513 g/mol. The van der Waals surface area contributed by atoms with Crippen LogP contribution in [0, 0.1) is 11.8 Å². The lowest BCUT2D eigenvalue weighted by atomic mass is 9.76. The largest absolute Gasteiger partial charge is 0.471 e. The maximum Gasteiger partial charge on any atom is 0.254 e. The molecule has 0 saturated carbocycles. The van der Waals surface area contributed by atoms with Gasteiger partial charge in [-0.2, -0.15) is 0 Å². The molecule has 6 rings (SSSR count). The number of carbonyl (C=O) groups excluding carboxylic acids is 1. The number of aliphatic hydroxyl groups excluding tert-OH is 4. The number of hydrogen-bond donors (Lipinski definition) is 5. The monoisotopic (exact) mass is 512 g/mol. The summed E-state index contributed by atoms with van der Waals surface area (Å²) in [5.41, 5.74) is 2.33. The van der Waals surface area contributed by atoms with Crippen LogP contribution in [0.5, 0.6) is 0 Å². The quantitative estimate of drug-likeness (QED) is 0.349. The number of nitrogens with zero attached hydrogens (tertiary/aromatic N) is 1. The molecule has 1 aromatic carbocycles. The third kappa shape index (κ3) is 3.65. The van der Waals surface area contributed by atoms with Crippen LogP contribution in [0.1, 0.15) is 23.7 Å². The second kappa shape index (κ2) is 9.05. The summed E-state index contributed by atoms with van der Waals surface area (Å²) in [6.07, 6.45) is -4.85. The van der Waals surface area contributed by atoms with Gasteiger partial charge >= 0.3 is 0 Å². The number of rotatable bonds is 4. The predicted octanol–water partition coefficient (Wildman–Crippen LogP) is -0.210. The molecule has 9 atom stereocenters. The Morgan fingerprint density at radius 1 is 1.14 bits per heavy atom. The molecule has 0 spiro atoms. The number of aromatic amines is 1. The van der Waals surface area contributed by atoms with Crippen molar-refractivity contribution >= 4 is 16.8 Å². The van der Waals surface area contributed by atoms with Crippen LogP contribution in [-0.4, -0.2) is 79.8 Å². The summed E-state index contributed by atoms with van der Waals surface area (Å²) in [7, 11) is 0. The van der Waals surface area contributed by atoms with Gasteiger partial charge < -0.3 is 44.5 Å². The standard InChI is InChI=1S/C26H28N2O9/c1-2-11-13-7-17-19-14(20(30)12-5-3-4-6-16(12)27-19)8-28(17)24(34)15(13)10-35-25(11)37-26-23(33)22(32)21(31)18(9-29)36-26/h2-6,10-11,13,17-18,21-23,25-26,29,31-33H,1,7-9H2,(H,27,30)/t11-,13+,17+,18-,21-,22+,23-,25+,26+/m1/s1. The van der Waals surface area contributed by atoms with E-state index in [9.17, 15) is 30.0 Å². The molecule has 0 radical (unpaired) electrons. The Kier molecular flexibility index (Phi) is 5.94. The summed E-state index contributed by atoms with van der Waals surface area (Å²) in [6, 6.07) is 6.89. The maximum absolute atomic E-state index is 13.5. The highest BCUT2D eigenvalue weighted by Gasteiger charge is 2.51. The van der Waals surface area contributed by atoms with E-state index in [1.165, 1.54) is 6.26 Å². The molecule has 11 nitrogen and oxygen atoms in total. The first-order chi connectivity index (χ1) is 17.8. The van der Waals surface area contributed by atoms with Crippen LogP contribution in [-0.2, 0) is 25.5 Å². The van der Waals surface area contributed by atoms with E-state index >= 15 is 0 Å². The Hall–Kier alpha value is -3.06. The molecule has 1 aromatic heterocycles. The number of para-hydroxylation sites is 1. The number of carbonyl (C=O) groups is 1. The van der Waals surface area contributed by atoms with Crippen LogP contribution in [0.25, 0.3) is 10.9 Å². The number of fused-ring (bicyclic) bond motifs is 5. The highest BCUT2D eigenvalue weighted by molar-refractivity contribution is 5.96. The van der Waals surface area contributed by atoms with E-state index in [-0.39, 0.29) is 29.8 Å². The minimum absolute atomic E-state index is 0.0937. The van der Waals surface area contributed by atoms with Crippen molar-refractivity contribution < 1.29 is 39.4 Å². The van der Waals surface area contributed by atoms with E-state index in [1.54, 1.807) is 23.1 Å². The van der Waals surface area contributed by atoms with E-state index < -0.39 is 49.5 Å². The summed E-state index contributed by atoms with van der Waals surface area (Å²) in [6.45, 7) is 3.51. The number of aromatic nitrogens is 1. The van der Waals surface area contributed by atoms with Crippen molar-refractivity contribution in [3.8, 4) is 0 Å². The van der Waals surface area contributed by atoms with E-state index in [4.69, 9.17) is 14.2 Å². The number of aliphatic hydroxyl groups is 4. The number of nitrogens with one attached hydrogen (secondary N) is 1. The molecule has 2 saturated heterocycles. The fourth-order valence-electron chi connectivity index (χ4n) is 5.96. The Balaban J connectivity index is 1.30.